The van der Waals surface area contributed by atoms with Crippen LogP contribution in [0.15, 0.2) is 6.07 Å². The monoisotopic (exact) mass is 234 g/mol. The van der Waals surface area contributed by atoms with E-state index in [1.54, 1.807) is 0 Å². The van der Waals surface area contributed by atoms with Crippen molar-refractivity contribution >= 4 is 5.82 Å². The lowest BCUT2D eigenvalue weighted by Crippen LogP contribution is -2.42. The predicted octanol–water partition coefficient (Wildman–Crippen LogP) is 0.467. The van der Waals surface area contributed by atoms with Crippen LogP contribution in [0.2, 0.25) is 0 Å². The van der Waals surface area contributed by atoms with Gasteiger partial charge in [-0.3, -0.25) is 0 Å². The molecule has 0 aromatic carbocycles. The Kier molecular flexibility index (Phi) is 2.94. The topological polar surface area (TPSA) is 73.1 Å². The van der Waals surface area contributed by atoms with Crippen LogP contribution >= 0.6 is 0 Å². The molecule has 1 aliphatic carbocycles. The van der Waals surface area contributed by atoms with Gasteiger partial charge in [-0.1, -0.05) is 0 Å². The zero-order valence-electron chi connectivity index (χ0n) is 9.85. The average Bonchev–Trinajstić information content (AvgIpc) is 3.13. The van der Waals surface area contributed by atoms with Crippen molar-refractivity contribution in [3.63, 3.8) is 0 Å². The summed E-state index contributed by atoms with van der Waals surface area (Å²) in [6, 6.07) is 2.23. The van der Waals surface area contributed by atoms with Gasteiger partial charge in [0.2, 0.25) is 0 Å². The first kappa shape index (κ1) is 10.9. The number of nitrogens with one attached hydrogen (secondary N) is 1. The molecule has 0 spiro atoms. The summed E-state index contributed by atoms with van der Waals surface area (Å²) >= 11 is 0. The number of ether oxygens (including phenoxy) is 1. The Morgan fingerprint density at radius 2 is 2.29 bits per heavy atom. The number of hydrogen-bond acceptors (Lipinski definition) is 5. The number of morpholine rings is 1. The zero-order valence-corrected chi connectivity index (χ0v) is 9.85. The second kappa shape index (κ2) is 4.58. The smallest absolute Gasteiger partial charge is 0.134 e. The third-order valence-electron chi connectivity index (χ3n) is 3.21. The molecule has 92 valence electrons. The van der Waals surface area contributed by atoms with E-state index in [2.05, 4.69) is 15.3 Å². The summed E-state index contributed by atoms with van der Waals surface area (Å²) in [6.07, 6.45) is 3.27. The summed E-state index contributed by atoms with van der Waals surface area (Å²) in [5, 5.41) is 3.43. The highest BCUT2D eigenvalue weighted by Crippen LogP contribution is 2.38. The van der Waals surface area contributed by atoms with E-state index in [9.17, 15) is 0 Å². The normalized spacial score (nSPS) is 24.8. The Morgan fingerprint density at radius 1 is 1.41 bits per heavy atom. The standard InChI is InChI=1S/C12H18N4O/c13-11-6-9(5-10-7-17-4-3-14-10)15-12(16-11)8-1-2-8/h6,8,10,14H,1-5,7H2,(H2,13,15,16). The summed E-state index contributed by atoms with van der Waals surface area (Å²) in [7, 11) is 0. The van der Waals surface area contributed by atoms with Gasteiger partial charge in [0.05, 0.1) is 13.2 Å². The Labute approximate surface area is 101 Å². The van der Waals surface area contributed by atoms with E-state index in [0.29, 0.717) is 17.8 Å². The van der Waals surface area contributed by atoms with Crippen molar-refractivity contribution in [1.29, 1.82) is 0 Å². The largest absolute Gasteiger partial charge is 0.384 e. The first-order chi connectivity index (χ1) is 8.31. The number of aromatic nitrogens is 2. The molecule has 0 bridgehead atoms. The van der Waals surface area contributed by atoms with E-state index >= 15 is 0 Å². The number of hydrogen-bond donors (Lipinski definition) is 2. The van der Waals surface area contributed by atoms with E-state index in [1.807, 2.05) is 6.07 Å². The lowest BCUT2D eigenvalue weighted by molar-refractivity contribution is 0.0767. The van der Waals surface area contributed by atoms with Gasteiger partial charge in [-0.15, -0.1) is 0 Å². The summed E-state index contributed by atoms with van der Waals surface area (Å²) in [5.74, 6) is 2.07. The summed E-state index contributed by atoms with van der Waals surface area (Å²) in [5.41, 5.74) is 6.86. The Hall–Kier alpha value is -1.20. The lowest BCUT2D eigenvalue weighted by Gasteiger charge is -2.23. The molecule has 3 N–H and O–H groups in total. The number of rotatable bonds is 3. The molecule has 2 aliphatic rings. The molecule has 1 aliphatic heterocycles. The zero-order chi connectivity index (χ0) is 11.7. The molecule has 1 saturated heterocycles. The van der Waals surface area contributed by atoms with Gasteiger partial charge in [0, 0.05) is 36.7 Å². The molecule has 3 rings (SSSR count). The van der Waals surface area contributed by atoms with Crippen LogP contribution in [0.5, 0.6) is 0 Å². The van der Waals surface area contributed by atoms with Crippen LogP contribution < -0.4 is 11.1 Å². The molecule has 2 heterocycles. The van der Waals surface area contributed by atoms with Gasteiger partial charge in [0.25, 0.3) is 0 Å². The van der Waals surface area contributed by atoms with Gasteiger partial charge in [-0.05, 0) is 12.8 Å². The lowest BCUT2D eigenvalue weighted by atomic mass is 10.1. The summed E-state index contributed by atoms with van der Waals surface area (Å²) < 4.78 is 5.44. The minimum absolute atomic E-state index is 0.352. The minimum atomic E-state index is 0.352. The highest BCUT2D eigenvalue weighted by atomic mass is 16.5. The van der Waals surface area contributed by atoms with E-state index in [4.69, 9.17) is 10.5 Å². The van der Waals surface area contributed by atoms with Crippen LogP contribution in [0.25, 0.3) is 0 Å². The van der Waals surface area contributed by atoms with Crippen molar-refractivity contribution in [3.05, 3.63) is 17.6 Å². The van der Waals surface area contributed by atoms with Gasteiger partial charge in [0.15, 0.2) is 0 Å². The molecule has 2 fully saturated rings. The average molecular weight is 234 g/mol. The van der Waals surface area contributed by atoms with Crippen LogP contribution in [-0.4, -0.2) is 35.8 Å². The third-order valence-corrected chi connectivity index (χ3v) is 3.21. The van der Waals surface area contributed by atoms with E-state index < -0.39 is 0 Å². The fraction of sp³-hybridized carbons (Fsp3) is 0.667. The highest BCUT2D eigenvalue weighted by molar-refractivity contribution is 5.31. The predicted molar refractivity (Wildman–Crippen MR) is 64.7 cm³/mol. The molecule has 17 heavy (non-hydrogen) atoms. The van der Waals surface area contributed by atoms with Crippen molar-refractivity contribution in [2.24, 2.45) is 0 Å². The van der Waals surface area contributed by atoms with Gasteiger partial charge in [0.1, 0.15) is 11.6 Å². The second-order valence-corrected chi connectivity index (χ2v) is 4.85. The van der Waals surface area contributed by atoms with Gasteiger partial charge in [-0.2, -0.15) is 0 Å². The van der Waals surface area contributed by atoms with Crippen LogP contribution in [0, 0.1) is 0 Å². The molecule has 1 aromatic heterocycles. The molecule has 1 saturated carbocycles. The Morgan fingerprint density at radius 3 is 3.00 bits per heavy atom. The van der Waals surface area contributed by atoms with Crippen molar-refractivity contribution in [2.75, 3.05) is 25.5 Å². The van der Waals surface area contributed by atoms with Gasteiger partial charge in [-0.25, -0.2) is 9.97 Å². The molecular weight excluding hydrogens is 216 g/mol. The van der Waals surface area contributed by atoms with Crippen molar-refractivity contribution in [2.45, 2.75) is 31.2 Å². The van der Waals surface area contributed by atoms with Crippen molar-refractivity contribution in [3.8, 4) is 0 Å². The van der Waals surface area contributed by atoms with Gasteiger partial charge < -0.3 is 15.8 Å². The molecule has 0 radical (unpaired) electrons. The molecule has 5 heteroatoms. The van der Waals surface area contributed by atoms with Crippen LogP contribution in [-0.2, 0) is 11.2 Å². The molecule has 5 nitrogen and oxygen atoms in total. The maximum absolute atomic E-state index is 5.83. The number of anilines is 1. The van der Waals surface area contributed by atoms with Crippen LogP contribution in [0.4, 0.5) is 5.82 Å². The van der Waals surface area contributed by atoms with E-state index in [-0.39, 0.29) is 0 Å². The summed E-state index contributed by atoms with van der Waals surface area (Å²) in [6.45, 7) is 2.47. The molecular formula is C12H18N4O. The maximum atomic E-state index is 5.83. The molecule has 0 amide bonds. The molecule has 1 unspecified atom stereocenters. The van der Waals surface area contributed by atoms with E-state index in [0.717, 1.165) is 37.7 Å². The minimum Gasteiger partial charge on any atom is -0.384 e. The fourth-order valence-electron chi connectivity index (χ4n) is 2.17. The Bertz CT molecular complexity index is 399. The maximum Gasteiger partial charge on any atom is 0.134 e. The fourth-order valence-corrected chi connectivity index (χ4v) is 2.17. The number of nitrogens with zero attached hydrogens (tertiary/aromatic N) is 2. The van der Waals surface area contributed by atoms with Gasteiger partial charge >= 0.3 is 0 Å². The summed E-state index contributed by atoms with van der Waals surface area (Å²) in [4.78, 5) is 8.91. The SMILES string of the molecule is Nc1cc(CC2COCCN2)nc(C2CC2)n1. The quantitative estimate of drug-likeness (QED) is 0.795. The number of nitrogens with two attached hydrogens (primary N) is 1. The van der Waals surface area contributed by atoms with Crippen molar-refractivity contribution < 1.29 is 4.74 Å². The first-order valence-corrected chi connectivity index (χ1v) is 6.26. The first-order valence-electron chi connectivity index (χ1n) is 6.26. The third kappa shape index (κ3) is 2.73. The molecule has 1 aromatic rings. The molecule has 1 atom stereocenters. The highest BCUT2D eigenvalue weighted by Gasteiger charge is 2.27. The van der Waals surface area contributed by atoms with E-state index in [1.165, 1.54) is 12.8 Å². The Balaban J connectivity index is 1.72. The number of nitrogen functional groups attached to an aromatic ring is 1. The van der Waals surface area contributed by atoms with Crippen LogP contribution in [0.1, 0.15) is 30.3 Å². The van der Waals surface area contributed by atoms with Crippen LogP contribution in [0.3, 0.4) is 0 Å². The second-order valence-electron chi connectivity index (χ2n) is 4.85. The van der Waals surface area contributed by atoms with Crippen molar-refractivity contribution in [1.82, 2.24) is 15.3 Å².